The molecule has 0 aliphatic carbocycles. The standard InChI is InChI=1S/C22H27N3O2/c1-14(2)25-13-16(8-9-20(25)27)17-12-18-19(26)10-11-23-22(18)24-21(17)15-6-4-3-5-7-15/h3-9,13-14,17-18,21-24H,10-12H2,1-2H3. The summed E-state index contributed by atoms with van der Waals surface area (Å²) < 4.78 is 1.78. The number of carbonyl (C=O) groups is 1. The van der Waals surface area contributed by atoms with E-state index in [4.69, 9.17) is 0 Å². The molecule has 0 amide bonds. The number of Topliss-reactive ketones (excluding diaryl/α,β-unsaturated/α-hetero) is 1. The Balaban J connectivity index is 1.75. The van der Waals surface area contributed by atoms with Crippen LogP contribution in [0.1, 0.15) is 55.8 Å². The van der Waals surface area contributed by atoms with Crippen molar-refractivity contribution in [3.8, 4) is 0 Å². The molecule has 2 aromatic rings. The van der Waals surface area contributed by atoms with Crippen LogP contribution in [0.2, 0.25) is 0 Å². The first-order chi connectivity index (χ1) is 13.0. The molecule has 0 spiro atoms. The van der Waals surface area contributed by atoms with E-state index >= 15 is 0 Å². The van der Waals surface area contributed by atoms with Crippen molar-refractivity contribution in [3.05, 3.63) is 70.1 Å². The molecule has 0 radical (unpaired) electrons. The van der Waals surface area contributed by atoms with Gasteiger partial charge in [-0.25, -0.2) is 0 Å². The van der Waals surface area contributed by atoms with Crippen LogP contribution < -0.4 is 16.2 Å². The summed E-state index contributed by atoms with van der Waals surface area (Å²) in [6.07, 6.45) is 3.39. The van der Waals surface area contributed by atoms with Gasteiger partial charge in [0.15, 0.2) is 0 Å². The average molecular weight is 365 g/mol. The molecule has 3 heterocycles. The molecular formula is C22H27N3O2. The van der Waals surface area contributed by atoms with Gasteiger partial charge in [-0.2, -0.15) is 0 Å². The number of aromatic nitrogens is 1. The van der Waals surface area contributed by atoms with Gasteiger partial charge in [0, 0.05) is 49.1 Å². The highest BCUT2D eigenvalue weighted by molar-refractivity contribution is 5.83. The predicted molar refractivity (Wildman–Crippen MR) is 106 cm³/mol. The van der Waals surface area contributed by atoms with Crippen LogP contribution in [0.3, 0.4) is 0 Å². The van der Waals surface area contributed by atoms with E-state index in [0.29, 0.717) is 12.2 Å². The summed E-state index contributed by atoms with van der Waals surface area (Å²) in [6.45, 7) is 4.77. The Morgan fingerprint density at radius 3 is 2.52 bits per heavy atom. The van der Waals surface area contributed by atoms with Crippen LogP contribution in [0.15, 0.2) is 53.5 Å². The molecule has 4 atom stereocenters. The number of carbonyl (C=O) groups excluding carboxylic acids is 1. The Hall–Kier alpha value is -2.24. The van der Waals surface area contributed by atoms with Gasteiger partial charge in [-0.05, 0) is 31.4 Å². The number of hydrogen-bond donors (Lipinski definition) is 2. The number of nitrogens with zero attached hydrogens (tertiary/aromatic N) is 1. The van der Waals surface area contributed by atoms with E-state index in [0.717, 1.165) is 18.5 Å². The van der Waals surface area contributed by atoms with E-state index in [2.05, 4.69) is 34.9 Å². The molecule has 5 nitrogen and oxygen atoms in total. The summed E-state index contributed by atoms with van der Waals surface area (Å²) >= 11 is 0. The van der Waals surface area contributed by atoms with E-state index in [1.165, 1.54) is 5.56 Å². The van der Waals surface area contributed by atoms with Crippen LogP contribution in [0, 0.1) is 5.92 Å². The number of ketones is 1. The van der Waals surface area contributed by atoms with Crippen molar-refractivity contribution in [2.75, 3.05) is 6.54 Å². The van der Waals surface area contributed by atoms with Gasteiger partial charge in [-0.1, -0.05) is 36.4 Å². The number of pyridine rings is 1. The third-order valence-corrected chi connectivity index (χ3v) is 5.93. The molecule has 4 unspecified atom stereocenters. The largest absolute Gasteiger partial charge is 0.313 e. The van der Waals surface area contributed by atoms with Gasteiger partial charge in [0.05, 0.1) is 6.17 Å². The second kappa shape index (κ2) is 7.41. The summed E-state index contributed by atoms with van der Waals surface area (Å²) in [6, 6.07) is 14.2. The Kier molecular flexibility index (Phi) is 4.98. The zero-order valence-corrected chi connectivity index (χ0v) is 15.9. The van der Waals surface area contributed by atoms with Gasteiger partial charge >= 0.3 is 0 Å². The lowest BCUT2D eigenvalue weighted by molar-refractivity contribution is -0.127. The van der Waals surface area contributed by atoms with Crippen LogP contribution >= 0.6 is 0 Å². The van der Waals surface area contributed by atoms with Crippen molar-refractivity contribution in [2.45, 2.75) is 50.9 Å². The zero-order chi connectivity index (χ0) is 19.0. The number of rotatable bonds is 3. The Labute approximate surface area is 159 Å². The molecular weight excluding hydrogens is 338 g/mol. The fourth-order valence-corrected chi connectivity index (χ4v) is 4.49. The van der Waals surface area contributed by atoms with Gasteiger partial charge < -0.3 is 9.88 Å². The molecule has 2 aliphatic heterocycles. The fraction of sp³-hybridized carbons (Fsp3) is 0.455. The molecule has 1 aromatic heterocycles. The third-order valence-electron chi connectivity index (χ3n) is 5.93. The third kappa shape index (κ3) is 3.49. The topological polar surface area (TPSA) is 63.1 Å². The second-order valence-electron chi connectivity index (χ2n) is 7.95. The number of hydrogen-bond acceptors (Lipinski definition) is 4. The number of benzene rings is 1. The van der Waals surface area contributed by atoms with Crippen LogP contribution in [0.5, 0.6) is 0 Å². The summed E-state index contributed by atoms with van der Waals surface area (Å²) in [5.41, 5.74) is 2.34. The van der Waals surface area contributed by atoms with Crippen molar-refractivity contribution < 1.29 is 4.79 Å². The van der Waals surface area contributed by atoms with Crippen molar-refractivity contribution in [1.29, 1.82) is 0 Å². The van der Waals surface area contributed by atoms with Crippen molar-refractivity contribution in [3.63, 3.8) is 0 Å². The molecule has 2 aliphatic rings. The average Bonchev–Trinajstić information content (AvgIpc) is 2.68. The monoisotopic (exact) mass is 365 g/mol. The van der Waals surface area contributed by atoms with Gasteiger partial charge in [-0.15, -0.1) is 0 Å². The Bertz CT molecular complexity index is 875. The molecule has 142 valence electrons. The first kappa shape index (κ1) is 18.1. The maximum Gasteiger partial charge on any atom is 0.250 e. The lowest BCUT2D eigenvalue weighted by atomic mass is 9.74. The minimum absolute atomic E-state index is 0.0158. The summed E-state index contributed by atoms with van der Waals surface area (Å²) in [7, 11) is 0. The highest BCUT2D eigenvalue weighted by Crippen LogP contribution is 2.41. The van der Waals surface area contributed by atoms with Crippen LogP contribution in [-0.2, 0) is 4.79 Å². The van der Waals surface area contributed by atoms with E-state index in [-0.39, 0.29) is 35.6 Å². The summed E-state index contributed by atoms with van der Waals surface area (Å²) in [5.74, 6) is 0.450. The van der Waals surface area contributed by atoms with Crippen LogP contribution in [0.4, 0.5) is 0 Å². The van der Waals surface area contributed by atoms with E-state index in [1.807, 2.05) is 32.2 Å². The molecule has 0 saturated carbocycles. The molecule has 2 fully saturated rings. The first-order valence-corrected chi connectivity index (χ1v) is 9.84. The molecule has 0 bridgehead atoms. The zero-order valence-electron chi connectivity index (χ0n) is 15.9. The van der Waals surface area contributed by atoms with Gasteiger partial charge in [-0.3, -0.25) is 14.9 Å². The Morgan fingerprint density at radius 1 is 1.00 bits per heavy atom. The molecule has 2 N–H and O–H groups in total. The highest BCUT2D eigenvalue weighted by Gasteiger charge is 2.42. The van der Waals surface area contributed by atoms with Crippen LogP contribution in [-0.4, -0.2) is 23.1 Å². The van der Waals surface area contributed by atoms with Crippen molar-refractivity contribution in [2.24, 2.45) is 5.92 Å². The fourth-order valence-electron chi connectivity index (χ4n) is 4.49. The maximum absolute atomic E-state index is 12.5. The normalized spacial score (nSPS) is 28.2. The summed E-state index contributed by atoms with van der Waals surface area (Å²) in [5, 5.41) is 7.17. The predicted octanol–water partition coefficient (Wildman–Crippen LogP) is 2.75. The number of fused-ring (bicyclic) bond motifs is 1. The minimum atomic E-state index is -0.0249. The SMILES string of the molecule is CC(C)n1cc(C2CC3C(=O)CCNC3NC2c2ccccc2)ccc1=O. The highest BCUT2D eigenvalue weighted by atomic mass is 16.1. The van der Waals surface area contributed by atoms with E-state index < -0.39 is 0 Å². The van der Waals surface area contributed by atoms with E-state index in [1.54, 1.807) is 10.6 Å². The first-order valence-electron chi connectivity index (χ1n) is 9.84. The number of nitrogens with one attached hydrogen (secondary N) is 2. The molecule has 5 heteroatoms. The van der Waals surface area contributed by atoms with Crippen molar-refractivity contribution in [1.82, 2.24) is 15.2 Å². The molecule has 2 saturated heterocycles. The quantitative estimate of drug-likeness (QED) is 0.878. The molecule has 4 rings (SSSR count). The van der Waals surface area contributed by atoms with Gasteiger partial charge in [0.1, 0.15) is 5.78 Å². The van der Waals surface area contributed by atoms with Gasteiger partial charge in [0.2, 0.25) is 0 Å². The van der Waals surface area contributed by atoms with E-state index in [9.17, 15) is 9.59 Å². The number of piperidine rings is 2. The second-order valence-corrected chi connectivity index (χ2v) is 7.95. The van der Waals surface area contributed by atoms with Crippen LogP contribution in [0.25, 0.3) is 0 Å². The minimum Gasteiger partial charge on any atom is -0.313 e. The summed E-state index contributed by atoms with van der Waals surface area (Å²) in [4.78, 5) is 24.8. The van der Waals surface area contributed by atoms with Gasteiger partial charge in [0.25, 0.3) is 5.56 Å². The van der Waals surface area contributed by atoms with Crippen molar-refractivity contribution >= 4 is 5.78 Å². The molecule has 27 heavy (non-hydrogen) atoms. The smallest absolute Gasteiger partial charge is 0.250 e. The molecule has 1 aromatic carbocycles. The lowest BCUT2D eigenvalue weighted by Gasteiger charge is -2.45. The maximum atomic E-state index is 12.5. The Morgan fingerprint density at radius 2 is 1.78 bits per heavy atom. The lowest BCUT2D eigenvalue weighted by Crippen LogP contribution is -2.59.